The number of hydrogen-bond donors (Lipinski definition) is 1. The molecule has 1 fully saturated rings. The third-order valence-electron chi connectivity index (χ3n) is 5.24. The molecule has 1 aliphatic rings. The van der Waals surface area contributed by atoms with Crippen LogP contribution in [0.4, 0.5) is 0 Å². The summed E-state index contributed by atoms with van der Waals surface area (Å²) in [6.07, 6.45) is 0. The number of morpholine rings is 1. The predicted molar refractivity (Wildman–Crippen MR) is 114 cm³/mol. The quantitative estimate of drug-likeness (QED) is 0.759. The second kappa shape index (κ2) is 9.16. The number of benzene rings is 2. The van der Waals surface area contributed by atoms with E-state index >= 15 is 0 Å². The monoisotopic (exact) mass is 432 g/mol. The van der Waals surface area contributed by atoms with Crippen LogP contribution in [0.25, 0.3) is 0 Å². The largest absolute Gasteiger partial charge is 0.496 e. The van der Waals surface area contributed by atoms with Crippen molar-refractivity contribution in [2.45, 2.75) is 31.7 Å². The van der Waals surface area contributed by atoms with Gasteiger partial charge >= 0.3 is 0 Å². The molecule has 1 heterocycles. The second-order valence-corrected chi connectivity index (χ2v) is 9.18. The van der Waals surface area contributed by atoms with Gasteiger partial charge < -0.3 is 14.4 Å². The van der Waals surface area contributed by atoms with Crippen LogP contribution < -0.4 is 9.46 Å². The maximum absolute atomic E-state index is 13.1. The molecule has 1 N–H and O–H groups in total. The van der Waals surface area contributed by atoms with Crippen LogP contribution in [-0.2, 0) is 14.8 Å². The van der Waals surface area contributed by atoms with Crippen LogP contribution in [-0.4, -0.2) is 52.6 Å². The van der Waals surface area contributed by atoms with Gasteiger partial charge in [-0.05, 0) is 50.1 Å². The average molecular weight is 433 g/mol. The summed E-state index contributed by atoms with van der Waals surface area (Å²) in [4.78, 5) is 14.6. The van der Waals surface area contributed by atoms with Crippen molar-refractivity contribution in [1.82, 2.24) is 9.62 Å². The lowest BCUT2D eigenvalue weighted by molar-refractivity contribution is 0.0300. The third kappa shape index (κ3) is 4.83. The van der Waals surface area contributed by atoms with Gasteiger partial charge in [0.2, 0.25) is 10.0 Å². The molecule has 7 nitrogen and oxygen atoms in total. The molecule has 1 atom stereocenters. The first-order valence-electron chi connectivity index (χ1n) is 9.87. The first-order chi connectivity index (χ1) is 14.2. The Balaban J connectivity index is 1.90. The molecule has 0 bridgehead atoms. The fourth-order valence-electron chi connectivity index (χ4n) is 3.55. The zero-order valence-electron chi connectivity index (χ0n) is 17.8. The lowest BCUT2D eigenvalue weighted by atomic mass is 10.0. The van der Waals surface area contributed by atoms with Crippen LogP contribution in [0.5, 0.6) is 5.75 Å². The van der Waals surface area contributed by atoms with Crippen molar-refractivity contribution < 1.29 is 22.7 Å². The number of hydrogen-bond acceptors (Lipinski definition) is 5. The normalized spacial score (nSPS) is 15.7. The number of rotatable bonds is 6. The highest BCUT2D eigenvalue weighted by Gasteiger charge is 2.26. The van der Waals surface area contributed by atoms with Crippen molar-refractivity contribution in [1.29, 1.82) is 0 Å². The Morgan fingerprint density at radius 2 is 1.83 bits per heavy atom. The zero-order valence-corrected chi connectivity index (χ0v) is 18.6. The first-order valence-corrected chi connectivity index (χ1v) is 11.4. The summed E-state index contributed by atoms with van der Waals surface area (Å²) in [6.45, 7) is 7.57. The van der Waals surface area contributed by atoms with Crippen molar-refractivity contribution in [2.24, 2.45) is 0 Å². The minimum absolute atomic E-state index is 0.0251. The van der Waals surface area contributed by atoms with Gasteiger partial charge in [-0.1, -0.05) is 23.8 Å². The Hall–Kier alpha value is -2.42. The lowest BCUT2D eigenvalue weighted by Crippen LogP contribution is -2.40. The summed E-state index contributed by atoms with van der Waals surface area (Å²) in [5, 5.41) is 0. The van der Waals surface area contributed by atoms with Crippen LogP contribution in [0.15, 0.2) is 41.3 Å². The maximum Gasteiger partial charge on any atom is 0.257 e. The number of nitrogens with one attached hydrogen (secondary N) is 1. The molecule has 0 aromatic heterocycles. The van der Waals surface area contributed by atoms with E-state index in [1.807, 2.05) is 39.0 Å². The van der Waals surface area contributed by atoms with Crippen LogP contribution >= 0.6 is 0 Å². The number of methoxy groups -OCH3 is 1. The highest BCUT2D eigenvalue weighted by Crippen LogP contribution is 2.26. The summed E-state index contributed by atoms with van der Waals surface area (Å²) < 4.78 is 39.5. The molecule has 30 heavy (non-hydrogen) atoms. The van der Waals surface area contributed by atoms with Gasteiger partial charge in [-0.15, -0.1) is 0 Å². The minimum Gasteiger partial charge on any atom is -0.496 e. The number of amides is 1. The van der Waals surface area contributed by atoms with Crippen LogP contribution in [0.2, 0.25) is 0 Å². The van der Waals surface area contributed by atoms with Gasteiger partial charge in [-0.3, -0.25) is 4.79 Å². The molecule has 2 aromatic carbocycles. The Morgan fingerprint density at radius 3 is 2.50 bits per heavy atom. The number of nitrogens with zero attached hydrogens (tertiary/aromatic N) is 1. The SMILES string of the molecule is COc1ccc(S(=O)(=O)N[C@H](C)c2cc(C)ccc2C)cc1C(=O)N1CCOCC1. The van der Waals surface area contributed by atoms with Crippen LogP contribution in [0.1, 0.15) is 40.0 Å². The molecular weight excluding hydrogens is 404 g/mol. The fraction of sp³-hybridized carbons (Fsp3) is 0.409. The molecule has 1 saturated heterocycles. The van der Waals surface area contributed by atoms with E-state index in [1.165, 1.54) is 25.3 Å². The molecule has 162 valence electrons. The van der Waals surface area contributed by atoms with Crippen molar-refractivity contribution >= 4 is 15.9 Å². The minimum atomic E-state index is -3.85. The molecule has 3 rings (SSSR count). The van der Waals surface area contributed by atoms with E-state index in [4.69, 9.17) is 9.47 Å². The summed E-state index contributed by atoms with van der Waals surface area (Å²) in [5.41, 5.74) is 3.21. The summed E-state index contributed by atoms with van der Waals surface area (Å²) >= 11 is 0. The first kappa shape index (κ1) is 22.3. The smallest absolute Gasteiger partial charge is 0.257 e. The summed E-state index contributed by atoms with van der Waals surface area (Å²) in [7, 11) is -2.39. The number of ether oxygens (including phenoxy) is 2. The highest BCUT2D eigenvalue weighted by atomic mass is 32.2. The average Bonchev–Trinajstić information content (AvgIpc) is 2.74. The van der Waals surface area contributed by atoms with Crippen molar-refractivity contribution in [3.05, 3.63) is 58.7 Å². The van der Waals surface area contributed by atoms with E-state index in [9.17, 15) is 13.2 Å². The zero-order chi connectivity index (χ0) is 21.9. The number of carbonyl (C=O) groups is 1. The lowest BCUT2D eigenvalue weighted by Gasteiger charge is -2.27. The Kier molecular flexibility index (Phi) is 6.80. The topological polar surface area (TPSA) is 84.9 Å². The fourth-order valence-corrected chi connectivity index (χ4v) is 4.80. The van der Waals surface area contributed by atoms with Gasteiger partial charge in [0.1, 0.15) is 5.75 Å². The predicted octanol–water partition coefficient (Wildman–Crippen LogP) is 2.82. The van der Waals surface area contributed by atoms with E-state index < -0.39 is 16.1 Å². The molecule has 0 aliphatic carbocycles. The summed E-state index contributed by atoms with van der Waals surface area (Å²) in [6, 6.07) is 9.88. The Bertz CT molecular complexity index is 1030. The van der Waals surface area contributed by atoms with E-state index in [1.54, 1.807) is 4.90 Å². The van der Waals surface area contributed by atoms with Gasteiger partial charge in [-0.2, -0.15) is 0 Å². The van der Waals surface area contributed by atoms with E-state index in [-0.39, 0.29) is 16.4 Å². The van der Waals surface area contributed by atoms with E-state index in [0.29, 0.717) is 32.1 Å². The van der Waals surface area contributed by atoms with Gasteiger partial charge in [0, 0.05) is 19.1 Å². The maximum atomic E-state index is 13.1. The molecule has 0 spiro atoms. The van der Waals surface area contributed by atoms with Crippen molar-refractivity contribution in [2.75, 3.05) is 33.4 Å². The molecule has 8 heteroatoms. The molecule has 0 unspecified atom stereocenters. The molecular formula is C22H28N2O5S. The number of sulfonamides is 1. The second-order valence-electron chi connectivity index (χ2n) is 7.47. The molecule has 1 aliphatic heterocycles. The van der Waals surface area contributed by atoms with Crippen LogP contribution in [0.3, 0.4) is 0 Å². The van der Waals surface area contributed by atoms with Gasteiger partial charge in [0.05, 0.1) is 30.8 Å². The summed E-state index contributed by atoms with van der Waals surface area (Å²) in [5.74, 6) is 0.0720. The number of aryl methyl sites for hydroxylation is 2. The van der Waals surface area contributed by atoms with Gasteiger partial charge in [0.25, 0.3) is 5.91 Å². The standard InChI is InChI=1S/C22H28N2O5S/c1-15-5-6-16(2)19(13-15)17(3)23-30(26,27)18-7-8-21(28-4)20(14-18)22(25)24-9-11-29-12-10-24/h5-8,13-14,17,23H,9-12H2,1-4H3/t17-/m1/s1. The molecule has 1 amide bonds. The van der Waals surface area contributed by atoms with Crippen LogP contribution in [0, 0.1) is 13.8 Å². The van der Waals surface area contributed by atoms with Crippen molar-refractivity contribution in [3.8, 4) is 5.75 Å². The molecule has 0 saturated carbocycles. The molecule has 0 radical (unpaired) electrons. The molecule has 2 aromatic rings. The van der Waals surface area contributed by atoms with E-state index in [0.717, 1.165) is 16.7 Å². The highest BCUT2D eigenvalue weighted by molar-refractivity contribution is 7.89. The third-order valence-corrected chi connectivity index (χ3v) is 6.78. The van der Waals surface area contributed by atoms with Gasteiger partial charge in [0.15, 0.2) is 0 Å². The Labute approximate surface area is 178 Å². The Morgan fingerprint density at radius 1 is 1.13 bits per heavy atom. The van der Waals surface area contributed by atoms with Gasteiger partial charge in [-0.25, -0.2) is 13.1 Å². The number of carbonyl (C=O) groups excluding carboxylic acids is 1. The van der Waals surface area contributed by atoms with Crippen molar-refractivity contribution in [3.63, 3.8) is 0 Å². The van der Waals surface area contributed by atoms with E-state index in [2.05, 4.69) is 4.72 Å².